The van der Waals surface area contributed by atoms with Crippen LogP contribution in [0.25, 0.3) is 0 Å². The lowest BCUT2D eigenvalue weighted by Crippen LogP contribution is -2.41. The molecule has 1 aromatic carbocycles. The van der Waals surface area contributed by atoms with Crippen molar-refractivity contribution >= 4 is 17.6 Å². The predicted molar refractivity (Wildman–Crippen MR) is 86.5 cm³/mol. The minimum absolute atomic E-state index is 0.191. The van der Waals surface area contributed by atoms with Gasteiger partial charge in [0.1, 0.15) is 0 Å². The smallest absolute Gasteiger partial charge is 0.339 e. The summed E-state index contributed by atoms with van der Waals surface area (Å²) in [6, 6.07) is 6.78. The quantitative estimate of drug-likeness (QED) is 0.557. The molecule has 23 heavy (non-hydrogen) atoms. The van der Waals surface area contributed by atoms with E-state index >= 15 is 0 Å². The van der Waals surface area contributed by atoms with E-state index in [4.69, 9.17) is 9.47 Å². The van der Waals surface area contributed by atoms with Gasteiger partial charge in [0.15, 0.2) is 0 Å². The Bertz CT molecular complexity index is 530. The Kier molecular flexibility index (Phi) is 6.99. The largest absolute Gasteiger partial charge is 0.465 e. The second kappa shape index (κ2) is 9.24. The summed E-state index contributed by atoms with van der Waals surface area (Å²) in [4.78, 5) is 25.9. The lowest BCUT2D eigenvalue weighted by Gasteiger charge is -2.26. The number of esters is 1. The molecule has 0 aliphatic carbocycles. The molecule has 7 heteroatoms. The molecule has 1 aliphatic heterocycles. The van der Waals surface area contributed by atoms with Gasteiger partial charge < -0.3 is 20.1 Å². The highest BCUT2D eigenvalue weighted by atomic mass is 16.5. The number of morpholine rings is 1. The molecule has 126 valence electrons. The third-order valence-corrected chi connectivity index (χ3v) is 3.60. The molecular weight excluding hydrogens is 298 g/mol. The van der Waals surface area contributed by atoms with Crippen LogP contribution in [0.4, 0.5) is 5.69 Å². The maximum absolute atomic E-state index is 12.0. The van der Waals surface area contributed by atoms with Crippen LogP contribution in [0.2, 0.25) is 0 Å². The number of benzene rings is 1. The van der Waals surface area contributed by atoms with Crippen LogP contribution in [0.5, 0.6) is 0 Å². The molecule has 7 nitrogen and oxygen atoms in total. The summed E-state index contributed by atoms with van der Waals surface area (Å²) in [6.45, 7) is 5.21. The van der Waals surface area contributed by atoms with Crippen molar-refractivity contribution in [1.82, 2.24) is 10.2 Å². The molecule has 0 spiro atoms. The van der Waals surface area contributed by atoms with Crippen molar-refractivity contribution in [1.29, 1.82) is 0 Å². The number of rotatable bonds is 7. The number of anilines is 1. The zero-order valence-corrected chi connectivity index (χ0v) is 13.3. The van der Waals surface area contributed by atoms with Crippen LogP contribution < -0.4 is 10.6 Å². The number of methoxy groups -OCH3 is 1. The van der Waals surface area contributed by atoms with Crippen molar-refractivity contribution in [3.63, 3.8) is 0 Å². The number of ether oxygens (including phenoxy) is 2. The highest BCUT2D eigenvalue weighted by Crippen LogP contribution is 2.15. The van der Waals surface area contributed by atoms with Crippen molar-refractivity contribution < 1.29 is 19.1 Å². The zero-order chi connectivity index (χ0) is 16.5. The van der Waals surface area contributed by atoms with Gasteiger partial charge in [-0.15, -0.1) is 0 Å². The molecule has 0 atom stereocenters. The van der Waals surface area contributed by atoms with Gasteiger partial charge in [-0.2, -0.15) is 0 Å². The molecule has 2 N–H and O–H groups in total. The van der Waals surface area contributed by atoms with Crippen LogP contribution in [0.3, 0.4) is 0 Å². The summed E-state index contributed by atoms with van der Waals surface area (Å²) in [7, 11) is 1.31. The van der Waals surface area contributed by atoms with E-state index < -0.39 is 5.97 Å². The maximum atomic E-state index is 12.0. The molecule has 0 radical (unpaired) electrons. The first-order valence-electron chi connectivity index (χ1n) is 7.68. The summed E-state index contributed by atoms with van der Waals surface area (Å²) in [6.07, 6.45) is 0. The van der Waals surface area contributed by atoms with Crippen molar-refractivity contribution in [2.24, 2.45) is 0 Å². The SMILES string of the molecule is COC(=O)c1ccccc1NC(=O)CNCCN1CCOCC1. The summed E-state index contributed by atoms with van der Waals surface area (Å²) in [5.41, 5.74) is 0.802. The van der Waals surface area contributed by atoms with Gasteiger partial charge in [-0.05, 0) is 12.1 Å². The zero-order valence-electron chi connectivity index (χ0n) is 13.3. The summed E-state index contributed by atoms with van der Waals surface area (Å²) >= 11 is 0. The summed E-state index contributed by atoms with van der Waals surface area (Å²) in [5, 5.41) is 5.83. The van der Waals surface area contributed by atoms with Gasteiger partial charge in [0.05, 0.1) is 38.1 Å². The topological polar surface area (TPSA) is 79.9 Å². The maximum Gasteiger partial charge on any atom is 0.339 e. The van der Waals surface area contributed by atoms with Crippen LogP contribution in [0.15, 0.2) is 24.3 Å². The number of para-hydroxylation sites is 1. The molecule has 1 fully saturated rings. The first kappa shape index (κ1) is 17.4. The average molecular weight is 321 g/mol. The highest BCUT2D eigenvalue weighted by Gasteiger charge is 2.13. The van der Waals surface area contributed by atoms with E-state index in [1.807, 2.05) is 0 Å². The molecule has 1 amide bonds. The van der Waals surface area contributed by atoms with Crippen LogP contribution in [-0.2, 0) is 14.3 Å². The van der Waals surface area contributed by atoms with E-state index in [1.165, 1.54) is 7.11 Å². The number of carbonyl (C=O) groups is 2. The summed E-state index contributed by atoms with van der Waals surface area (Å²) < 4.78 is 9.99. The van der Waals surface area contributed by atoms with Crippen LogP contribution in [-0.4, -0.2) is 69.8 Å². The second-order valence-corrected chi connectivity index (χ2v) is 5.22. The Morgan fingerprint density at radius 3 is 2.74 bits per heavy atom. The van der Waals surface area contributed by atoms with Gasteiger partial charge in [0.2, 0.25) is 5.91 Å². The van der Waals surface area contributed by atoms with E-state index in [9.17, 15) is 9.59 Å². The van der Waals surface area contributed by atoms with Crippen molar-refractivity contribution in [2.75, 3.05) is 58.4 Å². The van der Waals surface area contributed by atoms with Gasteiger partial charge in [0, 0.05) is 26.2 Å². The Balaban J connectivity index is 1.73. The van der Waals surface area contributed by atoms with Gasteiger partial charge in [-0.3, -0.25) is 9.69 Å². The fraction of sp³-hybridized carbons (Fsp3) is 0.500. The lowest BCUT2D eigenvalue weighted by molar-refractivity contribution is -0.115. The number of hydrogen-bond acceptors (Lipinski definition) is 6. The number of hydrogen-bond donors (Lipinski definition) is 2. The van der Waals surface area contributed by atoms with E-state index in [2.05, 4.69) is 15.5 Å². The monoisotopic (exact) mass is 321 g/mol. The molecule has 1 saturated heterocycles. The molecule has 1 aliphatic rings. The molecule has 0 aromatic heterocycles. The third kappa shape index (κ3) is 5.63. The minimum Gasteiger partial charge on any atom is -0.465 e. The molecule has 1 heterocycles. The van der Waals surface area contributed by atoms with E-state index in [-0.39, 0.29) is 12.5 Å². The minimum atomic E-state index is -0.471. The second-order valence-electron chi connectivity index (χ2n) is 5.22. The fourth-order valence-corrected chi connectivity index (χ4v) is 2.34. The summed E-state index contributed by atoms with van der Waals surface area (Å²) in [5.74, 6) is -0.662. The number of amides is 1. The van der Waals surface area contributed by atoms with Crippen LogP contribution >= 0.6 is 0 Å². The van der Waals surface area contributed by atoms with Crippen molar-refractivity contribution in [3.05, 3.63) is 29.8 Å². The van der Waals surface area contributed by atoms with Gasteiger partial charge in [0.25, 0.3) is 0 Å². The Hall–Kier alpha value is -1.96. The van der Waals surface area contributed by atoms with E-state index in [0.717, 1.165) is 39.4 Å². The number of nitrogens with zero attached hydrogens (tertiary/aromatic N) is 1. The molecule has 0 unspecified atom stereocenters. The van der Waals surface area contributed by atoms with Crippen LogP contribution in [0, 0.1) is 0 Å². The normalized spacial score (nSPS) is 15.2. The first-order valence-corrected chi connectivity index (χ1v) is 7.68. The Morgan fingerprint density at radius 2 is 2.00 bits per heavy atom. The molecule has 0 bridgehead atoms. The van der Waals surface area contributed by atoms with Gasteiger partial charge in [-0.1, -0.05) is 12.1 Å². The number of nitrogens with one attached hydrogen (secondary N) is 2. The van der Waals surface area contributed by atoms with E-state index in [1.54, 1.807) is 24.3 Å². The Labute approximate surface area is 135 Å². The standard InChI is InChI=1S/C16H23N3O4/c1-22-16(21)13-4-2-3-5-14(13)18-15(20)12-17-6-7-19-8-10-23-11-9-19/h2-5,17H,6-12H2,1H3,(H,18,20). The predicted octanol–water partition coefficient (Wildman–Crippen LogP) is 0.334. The first-order chi connectivity index (χ1) is 11.2. The molecule has 1 aromatic rings. The molecular formula is C16H23N3O4. The fourth-order valence-electron chi connectivity index (χ4n) is 2.34. The lowest BCUT2D eigenvalue weighted by atomic mass is 10.2. The number of carbonyl (C=O) groups excluding carboxylic acids is 2. The highest BCUT2D eigenvalue weighted by molar-refractivity contribution is 6.01. The molecule has 0 saturated carbocycles. The third-order valence-electron chi connectivity index (χ3n) is 3.60. The van der Waals surface area contributed by atoms with Crippen molar-refractivity contribution in [3.8, 4) is 0 Å². The van der Waals surface area contributed by atoms with Crippen molar-refractivity contribution in [2.45, 2.75) is 0 Å². The van der Waals surface area contributed by atoms with Gasteiger partial charge in [-0.25, -0.2) is 4.79 Å². The van der Waals surface area contributed by atoms with Gasteiger partial charge >= 0.3 is 5.97 Å². The average Bonchev–Trinajstić information content (AvgIpc) is 2.59. The van der Waals surface area contributed by atoms with E-state index in [0.29, 0.717) is 11.3 Å². The molecule has 2 rings (SSSR count). The van der Waals surface area contributed by atoms with Crippen LogP contribution in [0.1, 0.15) is 10.4 Å². The Morgan fingerprint density at radius 1 is 1.26 bits per heavy atom.